The van der Waals surface area contributed by atoms with Crippen LogP contribution in [0.15, 0.2) is 61.2 Å². The predicted molar refractivity (Wildman–Crippen MR) is 96.3 cm³/mol. The topological polar surface area (TPSA) is 41.6 Å². The Labute approximate surface area is 142 Å². The lowest BCUT2D eigenvalue weighted by Crippen LogP contribution is -2.42. The van der Waals surface area contributed by atoms with Crippen LogP contribution in [0.1, 0.15) is 35.4 Å². The van der Waals surface area contributed by atoms with Crippen molar-refractivity contribution >= 4 is 11.6 Å². The second kappa shape index (κ2) is 7.21. The molecule has 2 aromatic carbocycles. The summed E-state index contributed by atoms with van der Waals surface area (Å²) >= 11 is 0. The van der Waals surface area contributed by atoms with Gasteiger partial charge in [0.2, 0.25) is 0 Å². The van der Waals surface area contributed by atoms with Crippen LogP contribution in [0.2, 0.25) is 0 Å². The fourth-order valence-corrected chi connectivity index (χ4v) is 2.85. The van der Waals surface area contributed by atoms with Crippen molar-refractivity contribution in [3.05, 3.63) is 72.3 Å². The van der Waals surface area contributed by atoms with Crippen LogP contribution in [0, 0.1) is 0 Å². The van der Waals surface area contributed by atoms with Crippen molar-refractivity contribution in [2.75, 3.05) is 18.5 Å². The second-order valence-corrected chi connectivity index (χ2v) is 5.76. The first-order chi connectivity index (χ1) is 11.7. The standard InChI is InChI=1S/C20H22N2O2/c1-3-13-22-19(15-9-11-16(12-10-15)24-14-4-2)21-18-8-6-5-7-17(18)20(22)23/h3,5-12,19,21H,1,4,13-14H2,2H3. The molecule has 0 aromatic heterocycles. The number of benzene rings is 2. The highest BCUT2D eigenvalue weighted by molar-refractivity contribution is 6.01. The SMILES string of the molecule is C=CCN1C(=O)c2ccccc2NC1c1ccc(OCCC)cc1. The van der Waals surface area contributed by atoms with Gasteiger partial charge in [0.25, 0.3) is 5.91 Å². The second-order valence-electron chi connectivity index (χ2n) is 5.76. The van der Waals surface area contributed by atoms with E-state index in [0.717, 1.165) is 23.4 Å². The molecule has 0 saturated carbocycles. The average Bonchev–Trinajstić information content (AvgIpc) is 2.63. The number of hydrogen-bond donors (Lipinski definition) is 1. The van der Waals surface area contributed by atoms with Gasteiger partial charge in [0.1, 0.15) is 11.9 Å². The van der Waals surface area contributed by atoms with Gasteiger partial charge in [0, 0.05) is 12.2 Å². The Morgan fingerprint density at radius 1 is 1.21 bits per heavy atom. The number of carbonyl (C=O) groups is 1. The molecular formula is C20H22N2O2. The van der Waals surface area contributed by atoms with E-state index < -0.39 is 0 Å². The highest BCUT2D eigenvalue weighted by Gasteiger charge is 2.31. The van der Waals surface area contributed by atoms with E-state index in [2.05, 4.69) is 18.8 Å². The van der Waals surface area contributed by atoms with Gasteiger partial charge >= 0.3 is 0 Å². The van der Waals surface area contributed by atoms with Crippen molar-refractivity contribution in [2.45, 2.75) is 19.5 Å². The van der Waals surface area contributed by atoms with Crippen molar-refractivity contribution in [1.82, 2.24) is 4.90 Å². The summed E-state index contributed by atoms with van der Waals surface area (Å²) in [5, 5.41) is 3.46. The normalized spacial score (nSPS) is 16.3. The highest BCUT2D eigenvalue weighted by atomic mass is 16.5. The van der Waals surface area contributed by atoms with E-state index in [1.54, 1.807) is 11.0 Å². The molecule has 3 rings (SSSR count). The van der Waals surface area contributed by atoms with Gasteiger partial charge < -0.3 is 15.0 Å². The van der Waals surface area contributed by atoms with Gasteiger partial charge in [-0.2, -0.15) is 0 Å². The Balaban J connectivity index is 1.90. The number of rotatable bonds is 6. The Morgan fingerprint density at radius 3 is 2.67 bits per heavy atom. The number of amides is 1. The van der Waals surface area contributed by atoms with Crippen LogP contribution in [0.3, 0.4) is 0 Å². The summed E-state index contributed by atoms with van der Waals surface area (Å²) in [6.07, 6.45) is 2.51. The van der Waals surface area contributed by atoms with Crippen LogP contribution in [-0.4, -0.2) is 24.0 Å². The Hall–Kier alpha value is -2.75. The van der Waals surface area contributed by atoms with Crippen LogP contribution in [0.4, 0.5) is 5.69 Å². The summed E-state index contributed by atoms with van der Waals surface area (Å²) in [4.78, 5) is 14.6. The summed E-state index contributed by atoms with van der Waals surface area (Å²) in [5.41, 5.74) is 2.57. The maximum absolute atomic E-state index is 12.8. The zero-order chi connectivity index (χ0) is 16.9. The molecule has 0 saturated heterocycles. The first-order valence-corrected chi connectivity index (χ1v) is 8.24. The number of carbonyl (C=O) groups excluding carboxylic acids is 1. The van der Waals surface area contributed by atoms with Crippen molar-refractivity contribution in [1.29, 1.82) is 0 Å². The maximum Gasteiger partial charge on any atom is 0.258 e. The fourth-order valence-electron chi connectivity index (χ4n) is 2.85. The molecule has 1 heterocycles. The lowest BCUT2D eigenvalue weighted by molar-refractivity contribution is 0.0707. The summed E-state index contributed by atoms with van der Waals surface area (Å²) in [6, 6.07) is 15.5. The van der Waals surface area contributed by atoms with Gasteiger partial charge in [-0.15, -0.1) is 6.58 Å². The van der Waals surface area contributed by atoms with E-state index in [0.29, 0.717) is 18.7 Å². The molecule has 1 atom stereocenters. The van der Waals surface area contributed by atoms with Crippen LogP contribution in [0.5, 0.6) is 5.75 Å². The smallest absolute Gasteiger partial charge is 0.258 e. The Bertz CT molecular complexity index is 725. The van der Waals surface area contributed by atoms with E-state index >= 15 is 0 Å². The molecule has 24 heavy (non-hydrogen) atoms. The first kappa shape index (κ1) is 16.1. The number of fused-ring (bicyclic) bond motifs is 1. The summed E-state index contributed by atoms with van der Waals surface area (Å²) < 4.78 is 5.63. The van der Waals surface area contributed by atoms with Crippen molar-refractivity contribution in [3.63, 3.8) is 0 Å². The summed E-state index contributed by atoms with van der Waals surface area (Å²) in [7, 11) is 0. The number of nitrogens with zero attached hydrogens (tertiary/aromatic N) is 1. The average molecular weight is 322 g/mol. The molecule has 1 aliphatic heterocycles. The maximum atomic E-state index is 12.8. The molecule has 1 unspecified atom stereocenters. The number of anilines is 1. The quantitative estimate of drug-likeness (QED) is 0.809. The van der Waals surface area contributed by atoms with Crippen molar-refractivity contribution < 1.29 is 9.53 Å². The molecule has 124 valence electrons. The third-order valence-electron chi connectivity index (χ3n) is 4.02. The van der Waals surface area contributed by atoms with E-state index in [-0.39, 0.29) is 12.1 Å². The summed E-state index contributed by atoms with van der Waals surface area (Å²) in [5.74, 6) is 0.860. The van der Waals surface area contributed by atoms with Gasteiger partial charge in [0.15, 0.2) is 0 Å². The van der Waals surface area contributed by atoms with Gasteiger partial charge in [0.05, 0.1) is 12.2 Å². The molecule has 2 aromatic rings. The van der Waals surface area contributed by atoms with E-state index in [1.165, 1.54) is 0 Å². The molecule has 4 nitrogen and oxygen atoms in total. The van der Waals surface area contributed by atoms with Gasteiger partial charge in [-0.05, 0) is 36.2 Å². The largest absolute Gasteiger partial charge is 0.494 e. The van der Waals surface area contributed by atoms with Crippen LogP contribution >= 0.6 is 0 Å². The van der Waals surface area contributed by atoms with Crippen LogP contribution < -0.4 is 10.1 Å². The molecule has 1 aliphatic rings. The lowest BCUT2D eigenvalue weighted by Gasteiger charge is -2.37. The predicted octanol–water partition coefficient (Wildman–Crippen LogP) is 4.23. The lowest BCUT2D eigenvalue weighted by atomic mass is 10.0. The number of para-hydroxylation sites is 1. The number of hydrogen-bond acceptors (Lipinski definition) is 3. The molecule has 1 amide bonds. The molecule has 0 bridgehead atoms. The monoisotopic (exact) mass is 322 g/mol. The van der Waals surface area contributed by atoms with Crippen molar-refractivity contribution in [3.8, 4) is 5.75 Å². The van der Waals surface area contributed by atoms with Crippen molar-refractivity contribution in [2.24, 2.45) is 0 Å². The van der Waals surface area contributed by atoms with E-state index in [4.69, 9.17) is 4.74 Å². The molecule has 0 spiro atoms. The van der Waals surface area contributed by atoms with Crippen LogP contribution in [0.25, 0.3) is 0 Å². The molecule has 4 heteroatoms. The Morgan fingerprint density at radius 2 is 1.96 bits per heavy atom. The molecular weight excluding hydrogens is 300 g/mol. The highest BCUT2D eigenvalue weighted by Crippen LogP contribution is 2.33. The first-order valence-electron chi connectivity index (χ1n) is 8.24. The van der Waals surface area contributed by atoms with Gasteiger partial charge in [-0.3, -0.25) is 4.79 Å². The van der Waals surface area contributed by atoms with Gasteiger partial charge in [-0.1, -0.05) is 37.3 Å². The number of ether oxygens (including phenoxy) is 1. The molecule has 0 fully saturated rings. The zero-order valence-electron chi connectivity index (χ0n) is 13.9. The minimum Gasteiger partial charge on any atom is -0.494 e. The van der Waals surface area contributed by atoms with Gasteiger partial charge in [-0.25, -0.2) is 0 Å². The zero-order valence-corrected chi connectivity index (χ0v) is 13.9. The van der Waals surface area contributed by atoms with E-state index in [1.807, 2.05) is 48.5 Å². The molecule has 0 radical (unpaired) electrons. The minimum absolute atomic E-state index is 0.0144. The number of nitrogens with one attached hydrogen (secondary N) is 1. The third-order valence-corrected chi connectivity index (χ3v) is 4.02. The molecule has 0 aliphatic carbocycles. The minimum atomic E-state index is -0.217. The Kier molecular flexibility index (Phi) is 4.85. The molecule has 1 N–H and O–H groups in total. The summed E-state index contributed by atoms with van der Waals surface area (Å²) in [6.45, 7) is 7.05. The van der Waals surface area contributed by atoms with E-state index in [9.17, 15) is 4.79 Å². The third kappa shape index (κ3) is 3.13. The van der Waals surface area contributed by atoms with Crippen LogP contribution in [-0.2, 0) is 0 Å². The fraction of sp³-hybridized carbons (Fsp3) is 0.250.